The van der Waals surface area contributed by atoms with E-state index in [1.165, 1.54) is 11.1 Å². The fourth-order valence-corrected chi connectivity index (χ4v) is 2.39. The SMILES string of the molecule is CC1(C(=O)O)CCCCN1C(=O)c1ncccc1N. The number of piperidine rings is 1. The minimum absolute atomic E-state index is 0.122. The minimum atomic E-state index is -1.18. The van der Waals surface area contributed by atoms with Gasteiger partial charge in [0.15, 0.2) is 5.69 Å². The number of carbonyl (C=O) groups excluding carboxylic acids is 1. The molecule has 3 N–H and O–H groups in total. The third-order valence-electron chi connectivity index (χ3n) is 3.64. The Balaban J connectivity index is 2.36. The molecular formula is C13H17N3O3. The molecule has 1 aromatic heterocycles. The summed E-state index contributed by atoms with van der Waals surface area (Å²) in [5.41, 5.74) is 4.95. The monoisotopic (exact) mass is 263 g/mol. The molecule has 0 bridgehead atoms. The second kappa shape index (κ2) is 4.87. The lowest BCUT2D eigenvalue weighted by Gasteiger charge is -2.41. The fraction of sp³-hybridized carbons (Fsp3) is 0.462. The molecule has 1 fully saturated rings. The van der Waals surface area contributed by atoms with E-state index < -0.39 is 17.4 Å². The fourth-order valence-electron chi connectivity index (χ4n) is 2.39. The Morgan fingerprint density at radius 3 is 2.84 bits per heavy atom. The summed E-state index contributed by atoms with van der Waals surface area (Å²) in [7, 11) is 0. The Hall–Kier alpha value is -2.11. The van der Waals surface area contributed by atoms with Crippen molar-refractivity contribution in [1.82, 2.24) is 9.88 Å². The van der Waals surface area contributed by atoms with Gasteiger partial charge in [0, 0.05) is 12.7 Å². The lowest BCUT2D eigenvalue weighted by atomic mass is 9.88. The number of nitrogens with two attached hydrogens (primary N) is 1. The van der Waals surface area contributed by atoms with Gasteiger partial charge >= 0.3 is 5.97 Å². The van der Waals surface area contributed by atoms with Crippen LogP contribution < -0.4 is 5.73 Å². The third kappa shape index (κ3) is 2.25. The predicted molar refractivity (Wildman–Crippen MR) is 69.6 cm³/mol. The number of likely N-dealkylation sites (tertiary alicyclic amines) is 1. The number of carboxylic acid groups (broad SMARTS) is 1. The van der Waals surface area contributed by atoms with Crippen LogP contribution in [0.2, 0.25) is 0 Å². The highest BCUT2D eigenvalue weighted by Crippen LogP contribution is 2.30. The highest BCUT2D eigenvalue weighted by atomic mass is 16.4. The maximum absolute atomic E-state index is 12.5. The van der Waals surface area contributed by atoms with Gasteiger partial charge in [-0.25, -0.2) is 9.78 Å². The van der Waals surface area contributed by atoms with Crippen molar-refractivity contribution in [1.29, 1.82) is 0 Å². The average Bonchev–Trinajstić information content (AvgIpc) is 2.39. The van der Waals surface area contributed by atoms with E-state index in [2.05, 4.69) is 4.98 Å². The summed E-state index contributed by atoms with van der Waals surface area (Å²) in [4.78, 5) is 29.3. The number of rotatable bonds is 2. The van der Waals surface area contributed by atoms with Gasteiger partial charge in [-0.1, -0.05) is 0 Å². The molecule has 2 heterocycles. The maximum atomic E-state index is 12.5. The molecule has 1 aliphatic heterocycles. The van der Waals surface area contributed by atoms with Crippen LogP contribution in [0.25, 0.3) is 0 Å². The van der Waals surface area contributed by atoms with Gasteiger partial charge in [-0.05, 0) is 38.3 Å². The summed E-state index contributed by atoms with van der Waals surface area (Å²) in [6.07, 6.45) is 3.51. The zero-order valence-electron chi connectivity index (χ0n) is 10.8. The van der Waals surface area contributed by atoms with Crippen molar-refractivity contribution in [2.24, 2.45) is 0 Å². The Bertz CT molecular complexity index is 518. The minimum Gasteiger partial charge on any atom is -0.480 e. The first kappa shape index (κ1) is 13.3. The van der Waals surface area contributed by atoms with Crippen LogP contribution in [-0.2, 0) is 4.79 Å². The summed E-state index contributed by atoms with van der Waals surface area (Å²) >= 11 is 0. The van der Waals surface area contributed by atoms with Gasteiger partial charge in [-0.2, -0.15) is 0 Å². The molecule has 102 valence electrons. The van der Waals surface area contributed by atoms with Gasteiger partial charge < -0.3 is 15.7 Å². The lowest BCUT2D eigenvalue weighted by Crippen LogP contribution is -2.57. The molecule has 0 spiro atoms. The summed E-state index contributed by atoms with van der Waals surface area (Å²) in [6, 6.07) is 3.22. The van der Waals surface area contributed by atoms with E-state index in [1.54, 1.807) is 19.1 Å². The quantitative estimate of drug-likeness (QED) is 0.833. The second-order valence-electron chi connectivity index (χ2n) is 4.93. The summed E-state index contributed by atoms with van der Waals surface area (Å²) in [6.45, 7) is 1.99. The molecule has 2 rings (SSSR count). The van der Waals surface area contributed by atoms with Crippen LogP contribution in [-0.4, -0.2) is 39.0 Å². The van der Waals surface area contributed by atoms with Crippen molar-refractivity contribution >= 4 is 17.6 Å². The molecular weight excluding hydrogens is 246 g/mol. The first-order chi connectivity index (χ1) is 8.97. The number of hydrogen-bond acceptors (Lipinski definition) is 4. The van der Waals surface area contributed by atoms with Crippen molar-refractivity contribution in [3.05, 3.63) is 24.0 Å². The zero-order valence-corrected chi connectivity index (χ0v) is 10.8. The Morgan fingerprint density at radius 1 is 1.47 bits per heavy atom. The van der Waals surface area contributed by atoms with Crippen molar-refractivity contribution in [2.75, 3.05) is 12.3 Å². The van der Waals surface area contributed by atoms with Crippen molar-refractivity contribution < 1.29 is 14.7 Å². The normalized spacial score (nSPS) is 23.1. The Labute approximate surface area is 111 Å². The topological polar surface area (TPSA) is 96.5 Å². The van der Waals surface area contributed by atoms with E-state index in [-0.39, 0.29) is 11.4 Å². The molecule has 0 saturated carbocycles. The van der Waals surface area contributed by atoms with Gasteiger partial charge in [0.25, 0.3) is 5.91 Å². The number of nitrogens with zero attached hydrogens (tertiary/aromatic N) is 2. The number of carboxylic acids is 1. The number of nitrogen functional groups attached to an aromatic ring is 1. The lowest BCUT2D eigenvalue weighted by molar-refractivity contribution is -0.150. The molecule has 0 aliphatic carbocycles. The molecule has 0 aromatic carbocycles. The summed E-state index contributed by atoms with van der Waals surface area (Å²) in [5, 5.41) is 9.39. The molecule has 6 heteroatoms. The molecule has 1 atom stereocenters. The first-order valence-electron chi connectivity index (χ1n) is 6.22. The van der Waals surface area contributed by atoms with Gasteiger partial charge in [0.05, 0.1) is 5.69 Å². The van der Waals surface area contributed by atoms with Gasteiger partial charge in [0.2, 0.25) is 0 Å². The zero-order chi connectivity index (χ0) is 14.0. The maximum Gasteiger partial charge on any atom is 0.329 e. The second-order valence-corrected chi connectivity index (χ2v) is 4.93. The number of aromatic nitrogens is 1. The predicted octanol–water partition coefficient (Wildman–Crippen LogP) is 1.13. The smallest absolute Gasteiger partial charge is 0.329 e. The van der Waals surface area contributed by atoms with E-state index in [9.17, 15) is 14.7 Å². The van der Waals surface area contributed by atoms with E-state index in [0.717, 1.165) is 12.8 Å². The molecule has 6 nitrogen and oxygen atoms in total. The van der Waals surface area contributed by atoms with Crippen LogP contribution in [0.3, 0.4) is 0 Å². The third-order valence-corrected chi connectivity index (χ3v) is 3.64. The number of amides is 1. The molecule has 1 saturated heterocycles. The van der Waals surface area contributed by atoms with Gasteiger partial charge in [-0.3, -0.25) is 4.79 Å². The molecule has 0 radical (unpaired) electrons. The van der Waals surface area contributed by atoms with Crippen molar-refractivity contribution in [2.45, 2.75) is 31.7 Å². The van der Waals surface area contributed by atoms with E-state index in [0.29, 0.717) is 13.0 Å². The van der Waals surface area contributed by atoms with Crippen LogP contribution in [0.15, 0.2) is 18.3 Å². The van der Waals surface area contributed by atoms with Crippen LogP contribution >= 0.6 is 0 Å². The van der Waals surface area contributed by atoms with Crippen LogP contribution in [0, 0.1) is 0 Å². The summed E-state index contributed by atoms with van der Waals surface area (Å²) < 4.78 is 0. The van der Waals surface area contributed by atoms with Gasteiger partial charge in [-0.15, -0.1) is 0 Å². The van der Waals surface area contributed by atoms with Crippen LogP contribution in [0.5, 0.6) is 0 Å². The first-order valence-corrected chi connectivity index (χ1v) is 6.22. The molecule has 1 aliphatic rings. The molecule has 1 unspecified atom stereocenters. The highest BCUT2D eigenvalue weighted by Gasteiger charge is 2.44. The van der Waals surface area contributed by atoms with Crippen LogP contribution in [0.4, 0.5) is 5.69 Å². The number of pyridine rings is 1. The highest BCUT2D eigenvalue weighted by molar-refractivity contribution is 6.00. The van der Waals surface area contributed by atoms with E-state index in [4.69, 9.17) is 5.73 Å². The largest absolute Gasteiger partial charge is 0.480 e. The molecule has 1 aromatic rings. The number of anilines is 1. The molecule has 19 heavy (non-hydrogen) atoms. The molecule has 1 amide bonds. The van der Waals surface area contributed by atoms with E-state index in [1.807, 2.05) is 0 Å². The van der Waals surface area contributed by atoms with E-state index >= 15 is 0 Å². The van der Waals surface area contributed by atoms with Crippen LogP contribution in [0.1, 0.15) is 36.7 Å². The van der Waals surface area contributed by atoms with Crippen molar-refractivity contribution in [3.63, 3.8) is 0 Å². The number of aliphatic carboxylic acids is 1. The van der Waals surface area contributed by atoms with Crippen molar-refractivity contribution in [3.8, 4) is 0 Å². The number of hydrogen-bond donors (Lipinski definition) is 2. The average molecular weight is 263 g/mol. The van der Waals surface area contributed by atoms with Gasteiger partial charge in [0.1, 0.15) is 5.54 Å². The summed E-state index contributed by atoms with van der Waals surface area (Å²) in [5.74, 6) is -1.40. The number of carbonyl (C=O) groups is 2. The Morgan fingerprint density at radius 2 is 2.21 bits per heavy atom. The Kier molecular flexibility index (Phi) is 3.42. The standard InChI is InChI=1S/C13H17N3O3/c1-13(12(18)19)6-2-3-8-16(13)11(17)10-9(14)5-4-7-15-10/h4-5,7H,2-3,6,8,14H2,1H3,(H,18,19).